The second-order valence-electron chi connectivity index (χ2n) is 4.87. The monoisotopic (exact) mass is 377 g/mol. The van der Waals surface area contributed by atoms with Gasteiger partial charge in [-0.2, -0.15) is 0 Å². The number of halogens is 1. The molecule has 0 bridgehead atoms. The zero-order valence-corrected chi connectivity index (χ0v) is 14.0. The van der Waals surface area contributed by atoms with E-state index < -0.39 is 26.5 Å². The maximum Gasteiger partial charge on any atom is 0.305 e. The van der Waals surface area contributed by atoms with Crippen molar-refractivity contribution in [3.8, 4) is 0 Å². The van der Waals surface area contributed by atoms with Gasteiger partial charge >= 0.3 is 5.97 Å². The first-order valence-corrected chi connectivity index (χ1v) is 8.37. The van der Waals surface area contributed by atoms with Crippen LogP contribution in [0.5, 0.6) is 0 Å². The van der Waals surface area contributed by atoms with Crippen molar-refractivity contribution < 1.29 is 23.1 Å². The number of carboxylic acids is 1. The van der Waals surface area contributed by atoms with Crippen molar-refractivity contribution >= 4 is 37.6 Å². The summed E-state index contributed by atoms with van der Waals surface area (Å²) in [6.45, 7) is 2.47. The van der Waals surface area contributed by atoms with E-state index in [1.54, 1.807) is 12.1 Å². The second kappa shape index (κ2) is 6.57. The molecule has 0 atom stereocenters. The van der Waals surface area contributed by atoms with Gasteiger partial charge in [-0.3, -0.25) is 9.59 Å². The molecule has 0 saturated heterocycles. The second-order valence-corrected chi connectivity index (χ2v) is 8.28. The molecular formula is C13H16BrNO5S. The summed E-state index contributed by atoms with van der Waals surface area (Å²) in [5.41, 5.74) is 0. The first-order valence-electron chi connectivity index (χ1n) is 6.09. The Bertz CT molecular complexity index is 637. The Labute approximate surface area is 131 Å². The molecule has 0 saturated carbocycles. The quantitative estimate of drug-likeness (QED) is 0.783. The molecule has 6 nitrogen and oxygen atoms in total. The van der Waals surface area contributed by atoms with Crippen LogP contribution < -0.4 is 5.32 Å². The molecule has 0 radical (unpaired) electrons. The third-order valence-corrected chi connectivity index (χ3v) is 5.92. The summed E-state index contributed by atoms with van der Waals surface area (Å²) < 4.78 is 24.1. The molecule has 0 aliphatic heterocycles. The summed E-state index contributed by atoms with van der Waals surface area (Å²) in [6, 6.07) is 5.97. The molecule has 0 aromatic heterocycles. The molecule has 0 heterocycles. The average molecular weight is 378 g/mol. The highest BCUT2D eigenvalue weighted by molar-refractivity contribution is 9.10. The Morgan fingerprint density at radius 2 is 1.76 bits per heavy atom. The largest absolute Gasteiger partial charge is 0.481 e. The number of carbonyl (C=O) groups is 2. The van der Waals surface area contributed by atoms with Crippen molar-refractivity contribution in [3.63, 3.8) is 0 Å². The molecule has 0 aliphatic carbocycles. The summed E-state index contributed by atoms with van der Waals surface area (Å²) in [5, 5.41) is 10.9. The van der Waals surface area contributed by atoms with E-state index in [4.69, 9.17) is 5.11 Å². The van der Waals surface area contributed by atoms with Crippen LogP contribution in [0, 0.1) is 0 Å². The van der Waals surface area contributed by atoms with Gasteiger partial charge in [0, 0.05) is 11.0 Å². The van der Waals surface area contributed by atoms with Gasteiger partial charge in [-0.25, -0.2) is 8.42 Å². The van der Waals surface area contributed by atoms with Gasteiger partial charge in [-0.1, -0.05) is 15.9 Å². The van der Waals surface area contributed by atoms with Crippen LogP contribution in [0.1, 0.15) is 20.3 Å². The number of carboxylic acid groups (broad SMARTS) is 1. The van der Waals surface area contributed by atoms with Crippen molar-refractivity contribution in [2.75, 3.05) is 6.54 Å². The van der Waals surface area contributed by atoms with Gasteiger partial charge in [0.2, 0.25) is 5.91 Å². The van der Waals surface area contributed by atoms with Gasteiger partial charge in [0.1, 0.15) is 4.75 Å². The van der Waals surface area contributed by atoms with Crippen LogP contribution in [-0.2, 0) is 19.4 Å². The van der Waals surface area contributed by atoms with Crippen molar-refractivity contribution in [2.24, 2.45) is 0 Å². The Morgan fingerprint density at radius 1 is 1.24 bits per heavy atom. The molecule has 21 heavy (non-hydrogen) atoms. The van der Waals surface area contributed by atoms with Gasteiger partial charge in [0.15, 0.2) is 9.84 Å². The molecule has 1 aromatic carbocycles. The van der Waals surface area contributed by atoms with Crippen LogP contribution in [0.25, 0.3) is 0 Å². The van der Waals surface area contributed by atoms with Crippen LogP contribution in [0.3, 0.4) is 0 Å². The topological polar surface area (TPSA) is 101 Å². The average Bonchev–Trinajstić information content (AvgIpc) is 2.38. The number of hydrogen-bond donors (Lipinski definition) is 2. The van der Waals surface area contributed by atoms with Crippen LogP contribution >= 0.6 is 15.9 Å². The maximum atomic E-state index is 12.5. The fourth-order valence-electron chi connectivity index (χ4n) is 1.53. The zero-order chi connectivity index (χ0) is 16.3. The van der Waals surface area contributed by atoms with Crippen molar-refractivity contribution in [3.05, 3.63) is 28.7 Å². The molecule has 1 rings (SSSR count). The van der Waals surface area contributed by atoms with Crippen LogP contribution in [0.2, 0.25) is 0 Å². The minimum absolute atomic E-state index is 0.0316. The standard InChI is InChI=1S/C13H16BrNO5S/c1-13(2,12(18)15-8-7-11(16)17)21(19,20)10-5-3-9(14)4-6-10/h3-6H,7-8H2,1-2H3,(H,15,18)(H,16,17). The number of rotatable bonds is 6. The normalized spacial score (nSPS) is 12.0. The summed E-state index contributed by atoms with van der Waals surface area (Å²) >= 11 is 3.21. The lowest BCUT2D eigenvalue weighted by atomic mass is 10.2. The number of hydrogen-bond acceptors (Lipinski definition) is 4. The predicted molar refractivity (Wildman–Crippen MR) is 80.7 cm³/mol. The molecule has 0 spiro atoms. The smallest absolute Gasteiger partial charge is 0.305 e. The third kappa shape index (κ3) is 4.04. The number of carbonyl (C=O) groups excluding carboxylic acids is 1. The number of amides is 1. The third-order valence-electron chi connectivity index (χ3n) is 2.97. The van der Waals surface area contributed by atoms with Gasteiger partial charge < -0.3 is 10.4 Å². The van der Waals surface area contributed by atoms with E-state index in [2.05, 4.69) is 21.2 Å². The molecule has 2 N–H and O–H groups in total. The highest BCUT2D eigenvalue weighted by atomic mass is 79.9. The van der Waals surface area contributed by atoms with Crippen LogP contribution in [-0.4, -0.2) is 36.7 Å². The van der Waals surface area contributed by atoms with E-state index in [0.717, 1.165) is 4.47 Å². The van der Waals surface area contributed by atoms with E-state index in [-0.39, 0.29) is 17.9 Å². The number of sulfone groups is 1. The molecule has 1 aromatic rings. The van der Waals surface area contributed by atoms with E-state index >= 15 is 0 Å². The Hall–Kier alpha value is -1.41. The van der Waals surface area contributed by atoms with E-state index in [1.807, 2.05) is 0 Å². The lowest BCUT2D eigenvalue weighted by molar-refractivity contribution is -0.136. The number of benzene rings is 1. The Kier molecular flexibility index (Phi) is 5.52. The molecular weight excluding hydrogens is 362 g/mol. The molecule has 0 unspecified atom stereocenters. The minimum atomic E-state index is -3.89. The van der Waals surface area contributed by atoms with Crippen LogP contribution in [0.15, 0.2) is 33.6 Å². The van der Waals surface area contributed by atoms with Crippen molar-refractivity contribution in [1.82, 2.24) is 5.32 Å². The fourth-order valence-corrected chi connectivity index (χ4v) is 3.19. The van der Waals surface area contributed by atoms with Gasteiger partial charge in [0.25, 0.3) is 0 Å². The molecule has 1 amide bonds. The van der Waals surface area contributed by atoms with E-state index in [0.29, 0.717) is 0 Å². The maximum absolute atomic E-state index is 12.5. The summed E-state index contributed by atoms with van der Waals surface area (Å²) in [6.07, 6.45) is -0.264. The number of aliphatic carboxylic acids is 1. The van der Waals surface area contributed by atoms with Gasteiger partial charge in [0.05, 0.1) is 11.3 Å². The lowest BCUT2D eigenvalue weighted by Crippen LogP contribution is -2.48. The Balaban J connectivity index is 2.96. The van der Waals surface area contributed by atoms with Crippen LogP contribution in [0.4, 0.5) is 0 Å². The minimum Gasteiger partial charge on any atom is -0.481 e. The van der Waals surface area contributed by atoms with Crippen molar-refractivity contribution in [1.29, 1.82) is 0 Å². The van der Waals surface area contributed by atoms with Gasteiger partial charge in [-0.05, 0) is 38.1 Å². The van der Waals surface area contributed by atoms with Crippen molar-refractivity contribution in [2.45, 2.75) is 29.9 Å². The first kappa shape index (κ1) is 17.6. The molecule has 0 aliphatic rings. The summed E-state index contributed by atoms with van der Waals surface area (Å²) in [5.74, 6) is -1.80. The van der Waals surface area contributed by atoms with Gasteiger partial charge in [-0.15, -0.1) is 0 Å². The molecule has 0 fully saturated rings. The van der Waals surface area contributed by atoms with E-state index in [9.17, 15) is 18.0 Å². The highest BCUT2D eigenvalue weighted by Gasteiger charge is 2.42. The number of nitrogens with one attached hydrogen (secondary N) is 1. The summed E-state index contributed by atoms with van der Waals surface area (Å²) in [7, 11) is -3.89. The zero-order valence-electron chi connectivity index (χ0n) is 11.6. The fraction of sp³-hybridized carbons (Fsp3) is 0.385. The lowest BCUT2D eigenvalue weighted by Gasteiger charge is -2.23. The predicted octanol–water partition coefficient (Wildman–Crippen LogP) is 1.59. The first-order chi connectivity index (χ1) is 9.59. The molecule has 116 valence electrons. The summed E-state index contributed by atoms with van der Waals surface area (Å²) in [4.78, 5) is 22.5. The Morgan fingerprint density at radius 3 is 2.24 bits per heavy atom. The molecule has 8 heteroatoms. The highest BCUT2D eigenvalue weighted by Crippen LogP contribution is 2.26. The SMILES string of the molecule is CC(C)(C(=O)NCCC(=O)O)S(=O)(=O)c1ccc(Br)cc1. The van der Waals surface area contributed by atoms with E-state index in [1.165, 1.54) is 26.0 Å².